The maximum Gasteiger partial charge on any atom is 0.337 e. The Morgan fingerprint density at radius 2 is 1.76 bits per heavy atom. The summed E-state index contributed by atoms with van der Waals surface area (Å²) < 4.78 is 10.3. The first-order chi connectivity index (χ1) is 17.7. The van der Waals surface area contributed by atoms with Crippen molar-refractivity contribution in [1.82, 2.24) is 0 Å². The lowest BCUT2D eigenvalue weighted by atomic mass is 10.1. The number of ether oxygens (including phenoxy) is 2. The number of esters is 1. The Hall–Kier alpha value is -4.61. The normalized spacial score (nSPS) is 10.7. The van der Waals surface area contributed by atoms with E-state index in [1.54, 1.807) is 18.2 Å². The molecule has 37 heavy (non-hydrogen) atoms. The van der Waals surface area contributed by atoms with Crippen LogP contribution in [0.4, 0.5) is 11.4 Å². The van der Waals surface area contributed by atoms with Crippen LogP contribution in [-0.2, 0) is 14.3 Å². The molecular weight excluding hydrogens is 494 g/mol. The second-order valence-electron chi connectivity index (χ2n) is 7.96. The number of hydrogen-bond donors (Lipinski definition) is 2. The van der Waals surface area contributed by atoms with Gasteiger partial charge in [0.15, 0.2) is 6.61 Å². The van der Waals surface area contributed by atoms with Gasteiger partial charge in [-0.2, -0.15) is 5.26 Å². The van der Waals surface area contributed by atoms with Crippen molar-refractivity contribution in [1.29, 1.82) is 5.26 Å². The van der Waals surface area contributed by atoms with Crippen LogP contribution in [0.3, 0.4) is 0 Å². The molecule has 0 saturated heterocycles. The van der Waals surface area contributed by atoms with E-state index in [-0.39, 0.29) is 23.8 Å². The summed E-state index contributed by atoms with van der Waals surface area (Å²) in [6.07, 6.45) is 1.32. The van der Waals surface area contributed by atoms with Crippen molar-refractivity contribution in [3.05, 3.63) is 93.5 Å². The van der Waals surface area contributed by atoms with Crippen molar-refractivity contribution in [2.24, 2.45) is 0 Å². The first kappa shape index (κ1) is 27.0. The highest BCUT2D eigenvalue weighted by molar-refractivity contribution is 6.30. The van der Waals surface area contributed by atoms with Crippen molar-refractivity contribution in [3.8, 4) is 11.8 Å². The summed E-state index contributed by atoms with van der Waals surface area (Å²) in [6.45, 7) is 3.57. The summed E-state index contributed by atoms with van der Waals surface area (Å²) in [4.78, 5) is 36.8. The van der Waals surface area contributed by atoms with Crippen LogP contribution in [0.25, 0.3) is 6.08 Å². The monoisotopic (exact) mass is 517 g/mol. The van der Waals surface area contributed by atoms with E-state index in [9.17, 15) is 19.6 Å². The fourth-order valence-corrected chi connectivity index (χ4v) is 3.47. The van der Waals surface area contributed by atoms with Crippen LogP contribution in [0.2, 0.25) is 5.02 Å². The molecular formula is C28H24ClN3O5. The Labute approximate surface area is 219 Å². The van der Waals surface area contributed by atoms with Gasteiger partial charge < -0.3 is 20.1 Å². The molecule has 3 aromatic carbocycles. The van der Waals surface area contributed by atoms with Crippen LogP contribution in [-0.4, -0.2) is 31.5 Å². The number of carbonyl (C=O) groups is 3. The summed E-state index contributed by atoms with van der Waals surface area (Å²) in [5.41, 5.74) is 3.51. The molecule has 0 atom stereocenters. The molecule has 0 bridgehead atoms. The standard InChI is InChI=1S/C28H24ClN3O5/c1-17-5-4-6-24(18(17)2)32-26(33)16-37-25-12-9-22(29)14-20(25)13-21(15-30)27(34)31-23-10-7-19(8-11-23)28(35)36-3/h4-14H,16H2,1-3H3,(H,31,34)(H,32,33)/b21-13-. The predicted octanol–water partition coefficient (Wildman–Crippen LogP) is 5.31. The lowest BCUT2D eigenvalue weighted by molar-refractivity contribution is -0.118. The second kappa shape index (κ2) is 12.4. The average Bonchev–Trinajstić information content (AvgIpc) is 2.89. The van der Waals surface area contributed by atoms with Gasteiger partial charge in [0.2, 0.25) is 0 Å². The van der Waals surface area contributed by atoms with Gasteiger partial charge in [-0.25, -0.2) is 4.79 Å². The fraction of sp³-hybridized carbons (Fsp3) is 0.143. The Bertz CT molecular complexity index is 1410. The van der Waals surface area contributed by atoms with Gasteiger partial charge in [0.05, 0.1) is 12.7 Å². The molecule has 0 unspecified atom stereocenters. The highest BCUT2D eigenvalue weighted by Crippen LogP contribution is 2.26. The first-order valence-electron chi connectivity index (χ1n) is 11.1. The number of halogens is 1. The predicted molar refractivity (Wildman–Crippen MR) is 141 cm³/mol. The third-order valence-electron chi connectivity index (χ3n) is 5.44. The van der Waals surface area contributed by atoms with Crippen molar-refractivity contribution in [2.75, 3.05) is 24.4 Å². The summed E-state index contributed by atoms with van der Waals surface area (Å²) >= 11 is 6.12. The smallest absolute Gasteiger partial charge is 0.337 e. The number of methoxy groups -OCH3 is 1. The van der Waals surface area contributed by atoms with E-state index in [1.165, 1.54) is 43.5 Å². The Kier molecular flexibility index (Phi) is 9.03. The van der Waals surface area contributed by atoms with E-state index in [0.717, 1.165) is 11.1 Å². The molecule has 2 N–H and O–H groups in total. The SMILES string of the molecule is COC(=O)c1ccc(NC(=O)/C(C#N)=C\c2cc(Cl)ccc2OCC(=O)Nc2cccc(C)c2C)cc1. The molecule has 2 amide bonds. The molecule has 8 nitrogen and oxygen atoms in total. The summed E-state index contributed by atoms with van der Waals surface area (Å²) in [5, 5.41) is 15.4. The van der Waals surface area contributed by atoms with Gasteiger partial charge in [0, 0.05) is 22.0 Å². The van der Waals surface area contributed by atoms with Crippen molar-refractivity contribution in [2.45, 2.75) is 13.8 Å². The quantitative estimate of drug-likeness (QED) is 0.237. The van der Waals surface area contributed by atoms with E-state index in [1.807, 2.05) is 32.0 Å². The number of benzene rings is 3. The topological polar surface area (TPSA) is 118 Å². The van der Waals surface area contributed by atoms with Gasteiger partial charge in [-0.15, -0.1) is 0 Å². The molecule has 3 aromatic rings. The highest BCUT2D eigenvalue weighted by Gasteiger charge is 2.14. The number of rotatable bonds is 8. The molecule has 0 saturated carbocycles. The lowest BCUT2D eigenvalue weighted by Gasteiger charge is -2.13. The van der Waals surface area contributed by atoms with Crippen LogP contribution >= 0.6 is 11.6 Å². The van der Waals surface area contributed by atoms with Gasteiger partial charge in [-0.3, -0.25) is 9.59 Å². The van der Waals surface area contributed by atoms with Crippen LogP contribution in [0.5, 0.6) is 5.75 Å². The molecule has 9 heteroatoms. The Morgan fingerprint density at radius 3 is 2.43 bits per heavy atom. The maximum absolute atomic E-state index is 12.7. The second-order valence-corrected chi connectivity index (χ2v) is 8.40. The number of amides is 2. The zero-order valence-electron chi connectivity index (χ0n) is 20.4. The molecule has 0 aromatic heterocycles. The van der Waals surface area contributed by atoms with Gasteiger partial charge in [-0.1, -0.05) is 23.7 Å². The average molecular weight is 518 g/mol. The Balaban J connectivity index is 1.74. The van der Waals surface area contributed by atoms with Crippen molar-refractivity contribution in [3.63, 3.8) is 0 Å². The molecule has 0 radical (unpaired) electrons. The number of nitrogens with zero attached hydrogens (tertiary/aromatic N) is 1. The zero-order valence-corrected chi connectivity index (χ0v) is 21.2. The van der Waals surface area contributed by atoms with Gasteiger partial charge in [0.1, 0.15) is 17.4 Å². The number of anilines is 2. The number of nitriles is 1. The molecule has 0 spiro atoms. The third-order valence-corrected chi connectivity index (χ3v) is 5.67. The van der Waals surface area contributed by atoms with Crippen LogP contribution in [0, 0.1) is 25.2 Å². The van der Waals surface area contributed by atoms with E-state index in [0.29, 0.717) is 27.5 Å². The Morgan fingerprint density at radius 1 is 1.03 bits per heavy atom. The number of aryl methyl sites for hydroxylation is 1. The van der Waals surface area contributed by atoms with Gasteiger partial charge in [-0.05, 0) is 79.6 Å². The van der Waals surface area contributed by atoms with Crippen molar-refractivity contribution < 1.29 is 23.9 Å². The van der Waals surface area contributed by atoms with Gasteiger partial charge in [0.25, 0.3) is 11.8 Å². The van der Waals surface area contributed by atoms with Crippen LogP contribution in [0.1, 0.15) is 27.0 Å². The molecule has 3 rings (SSSR count). The molecule has 0 fully saturated rings. The molecule has 0 aliphatic carbocycles. The maximum atomic E-state index is 12.7. The van der Waals surface area contributed by atoms with Gasteiger partial charge >= 0.3 is 5.97 Å². The number of hydrogen-bond acceptors (Lipinski definition) is 6. The summed E-state index contributed by atoms with van der Waals surface area (Å²) in [6, 6.07) is 18.1. The van der Waals surface area contributed by atoms with Crippen LogP contribution in [0.15, 0.2) is 66.2 Å². The molecule has 188 valence electrons. The largest absolute Gasteiger partial charge is 0.483 e. The number of carbonyl (C=O) groups excluding carboxylic acids is 3. The molecule has 0 aliphatic rings. The first-order valence-corrected chi connectivity index (χ1v) is 11.5. The lowest BCUT2D eigenvalue weighted by Crippen LogP contribution is -2.21. The summed E-state index contributed by atoms with van der Waals surface area (Å²) in [7, 11) is 1.27. The highest BCUT2D eigenvalue weighted by atomic mass is 35.5. The fourth-order valence-electron chi connectivity index (χ4n) is 3.29. The van der Waals surface area contributed by atoms with E-state index >= 15 is 0 Å². The minimum absolute atomic E-state index is 0.219. The van der Waals surface area contributed by atoms with E-state index in [2.05, 4.69) is 15.4 Å². The minimum Gasteiger partial charge on any atom is -0.483 e. The number of nitrogens with one attached hydrogen (secondary N) is 2. The molecule has 0 heterocycles. The minimum atomic E-state index is -0.674. The van der Waals surface area contributed by atoms with E-state index < -0.39 is 11.9 Å². The van der Waals surface area contributed by atoms with Crippen molar-refractivity contribution >= 4 is 46.8 Å². The van der Waals surface area contributed by atoms with Crippen LogP contribution < -0.4 is 15.4 Å². The molecule has 0 aliphatic heterocycles. The van der Waals surface area contributed by atoms with E-state index in [4.69, 9.17) is 16.3 Å². The summed E-state index contributed by atoms with van der Waals surface area (Å²) in [5.74, 6) is -1.28. The third kappa shape index (κ3) is 7.19. The zero-order chi connectivity index (χ0) is 26.9.